The number of nitro benzene ring substituents is 2. The Morgan fingerprint density at radius 1 is 1.32 bits per heavy atom. The van der Waals surface area contributed by atoms with E-state index in [4.69, 9.17) is 4.74 Å². The first-order chi connectivity index (χ1) is 10.4. The number of nitrogens with one attached hydrogen (secondary N) is 1. The number of ether oxygens (including phenoxy) is 1. The van der Waals surface area contributed by atoms with E-state index in [1.165, 1.54) is 6.21 Å². The lowest BCUT2D eigenvalue weighted by Gasteiger charge is -2.05. The molecule has 0 aliphatic rings. The monoisotopic (exact) mass is 310 g/mol. The number of hydrazone groups is 1. The molecule has 10 heteroatoms. The number of benzene rings is 1. The summed E-state index contributed by atoms with van der Waals surface area (Å²) < 4.78 is 4.70. The molecule has 0 unspecified atom stereocenters. The number of rotatable bonds is 7. The Bertz CT molecular complexity index is 593. The maximum atomic E-state index is 11.8. The van der Waals surface area contributed by atoms with Gasteiger partial charge >= 0.3 is 11.4 Å². The number of hydrogen-bond acceptors (Lipinski definition) is 7. The van der Waals surface area contributed by atoms with Gasteiger partial charge in [-0.25, -0.2) is 5.43 Å². The molecule has 0 fully saturated rings. The number of unbranched alkanes of at least 4 members (excludes halogenated alkanes) is 1. The lowest BCUT2D eigenvalue weighted by atomic mass is 10.1. The van der Waals surface area contributed by atoms with Crippen LogP contribution in [0.5, 0.6) is 5.75 Å². The Balaban J connectivity index is 3.23. The molecule has 0 spiro atoms. The average molecular weight is 310 g/mol. The van der Waals surface area contributed by atoms with Gasteiger partial charge in [-0.3, -0.25) is 25.0 Å². The Kier molecular flexibility index (Phi) is 5.93. The molecule has 0 aliphatic carbocycles. The first kappa shape index (κ1) is 17.0. The van der Waals surface area contributed by atoms with Crippen LogP contribution in [0.25, 0.3) is 0 Å². The van der Waals surface area contributed by atoms with E-state index in [1.54, 1.807) is 0 Å². The number of nitro groups is 2. The summed E-state index contributed by atoms with van der Waals surface area (Å²) in [5.74, 6) is -1.30. The first-order valence-electron chi connectivity index (χ1n) is 6.25. The molecule has 1 amide bonds. The fourth-order valence-electron chi connectivity index (χ4n) is 1.57. The molecule has 0 heterocycles. The van der Waals surface area contributed by atoms with E-state index in [1.807, 2.05) is 6.92 Å². The van der Waals surface area contributed by atoms with E-state index in [0.29, 0.717) is 6.42 Å². The van der Waals surface area contributed by atoms with Crippen molar-refractivity contribution < 1.29 is 19.4 Å². The molecule has 22 heavy (non-hydrogen) atoms. The van der Waals surface area contributed by atoms with Gasteiger partial charge in [0.25, 0.3) is 11.7 Å². The highest BCUT2D eigenvalue weighted by molar-refractivity contribution is 5.96. The number of amides is 1. The van der Waals surface area contributed by atoms with E-state index in [9.17, 15) is 25.0 Å². The minimum atomic E-state index is -0.858. The lowest BCUT2D eigenvalue weighted by Crippen LogP contribution is -2.18. The molecule has 0 aliphatic heterocycles. The largest absolute Gasteiger partial charge is 0.485 e. The van der Waals surface area contributed by atoms with Gasteiger partial charge in [0.15, 0.2) is 0 Å². The third kappa shape index (κ3) is 3.98. The summed E-state index contributed by atoms with van der Waals surface area (Å²) in [4.78, 5) is 32.1. The number of methoxy groups -OCH3 is 1. The molecule has 1 rings (SSSR count). The normalized spacial score (nSPS) is 10.5. The van der Waals surface area contributed by atoms with Crippen LogP contribution >= 0.6 is 0 Å². The van der Waals surface area contributed by atoms with Crippen molar-refractivity contribution in [3.63, 3.8) is 0 Å². The number of carbonyl (C=O) groups is 1. The van der Waals surface area contributed by atoms with Gasteiger partial charge in [0.1, 0.15) is 0 Å². The van der Waals surface area contributed by atoms with Crippen LogP contribution < -0.4 is 10.2 Å². The van der Waals surface area contributed by atoms with Crippen molar-refractivity contribution in [1.29, 1.82) is 0 Å². The molecule has 0 aromatic heterocycles. The van der Waals surface area contributed by atoms with Gasteiger partial charge < -0.3 is 4.74 Å². The Labute approximate surface area is 125 Å². The number of nitrogens with zero attached hydrogens (tertiary/aromatic N) is 3. The smallest absolute Gasteiger partial charge is 0.319 e. The van der Waals surface area contributed by atoms with Crippen LogP contribution in [-0.2, 0) is 0 Å². The maximum Gasteiger partial charge on any atom is 0.319 e. The average Bonchev–Trinajstić information content (AvgIpc) is 2.49. The van der Waals surface area contributed by atoms with Crippen LogP contribution in [0.1, 0.15) is 30.1 Å². The molecule has 0 bridgehead atoms. The van der Waals surface area contributed by atoms with Crippen LogP contribution in [0.2, 0.25) is 0 Å². The molecule has 1 aromatic rings. The summed E-state index contributed by atoms with van der Waals surface area (Å²) in [6.07, 6.45) is 2.94. The highest BCUT2D eigenvalue weighted by Crippen LogP contribution is 2.37. The SMILES string of the molecule is CCC/C=N\NC(=O)c1cc([N+](=O)[O-])c(OC)c([N+](=O)[O-])c1. The fraction of sp³-hybridized carbons (Fsp3) is 0.333. The van der Waals surface area contributed by atoms with Crippen molar-refractivity contribution in [3.8, 4) is 5.75 Å². The molecule has 118 valence electrons. The van der Waals surface area contributed by atoms with Crippen molar-refractivity contribution in [2.75, 3.05) is 7.11 Å². The second-order valence-electron chi connectivity index (χ2n) is 4.10. The van der Waals surface area contributed by atoms with Gasteiger partial charge in [-0.05, 0) is 6.42 Å². The van der Waals surface area contributed by atoms with Gasteiger partial charge in [0.2, 0.25) is 0 Å². The quantitative estimate of drug-likeness (QED) is 0.464. The van der Waals surface area contributed by atoms with Crippen LogP contribution in [0.4, 0.5) is 11.4 Å². The summed E-state index contributed by atoms with van der Waals surface area (Å²) in [5, 5.41) is 25.6. The topological polar surface area (TPSA) is 137 Å². The minimum Gasteiger partial charge on any atom is -0.485 e. The van der Waals surface area contributed by atoms with Gasteiger partial charge in [0, 0.05) is 18.3 Å². The third-order valence-electron chi connectivity index (χ3n) is 2.58. The highest BCUT2D eigenvalue weighted by Gasteiger charge is 2.29. The van der Waals surface area contributed by atoms with Crippen molar-refractivity contribution >= 4 is 23.5 Å². The summed E-state index contributed by atoms with van der Waals surface area (Å²) in [7, 11) is 1.07. The molecular formula is C12H14N4O6. The van der Waals surface area contributed by atoms with Crippen molar-refractivity contribution in [2.24, 2.45) is 5.10 Å². The van der Waals surface area contributed by atoms with E-state index in [-0.39, 0.29) is 5.56 Å². The van der Waals surface area contributed by atoms with E-state index in [2.05, 4.69) is 10.5 Å². The molecule has 0 atom stereocenters. The summed E-state index contributed by atoms with van der Waals surface area (Å²) in [6.45, 7) is 1.92. The first-order valence-corrected chi connectivity index (χ1v) is 6.25. The summed E-state index contributed by atoms with van der Waals surface area (Å²) in [6, 6.07) is 1.80. The van der Waals surface area contributed by atoms with Gasteiger partial charge in [-0.2, -0.15) is 5.10 Å². The summed E-state index contributed by atoms with van der Waals surface area (Å²) in [5.41, 5.74) is 0.557. The molecular weight excluding hydrogens is 296 g/mol. The molecule has 0 saturated carbocycles. The number of hydrogen-bond donors (Lipinski definition) is 1. The van der Waals surface area contributed by atoms with E-state index < -0.39 is 32.9 Å². The van der Waals surface area contributed by atoms with E-state index >= 15 is 0 Å². The minimum absolute atomic E-state index is 0.257. The molecule has 0 radical (unpaired) electrons. The van der Waals surface area contributed by atoms with Gasteiger partial charge in [0.05, 0.1) is 22.5 Å². The molecule has 10 nitrogen and oxygen atoms in total. The van der Waals surface area contributed by atoms with Crippen LogP contribution in [-0.4, -0.2) is 29.1 Å². The standard InChI is InChI=1S/C12H14N4O6/c1-3-4-5-13-14-12(17)8-6-9(15(18)19)11(22-2)10(7-8)16(20)21/h5-7H,3-4H2,1-2H3,(H,14,17)/b13-5-. The van der Waals surface area contributed by atoms with Crippen molar-refractivity contribution in [3.05, 3.63) is 37.9 Å². The predicted octanol–water partition coefficient (Wildman–Crippen LogP) is 2.03. The zero-order chi connectivity index (χ0) is 16.7. The predicted molar refractivity (Wildman–Crippen MR) is 77.2 cm³/mol. The van der Waals surface area contributed by atoms with Gasteiger partial charge in [-0.1, -0.05) is 13.3 Å². The van der Waals surface area contributed by atoms with Gasteiger partial charge in [-0.15, -0.1) is 0 Å². The zero-order valence-corrected chi connectivity index (χ0v) is 11.9. The third-order valence-corrected chi connectivity index (χ3v) is 2.58. The Hall–Kier alpha value is -3.04. The van der Waals surface area contributed by atoms with Crippen molar-refractivity contribution in [2.45, 2.75) is 19.8 Å². The lowest BCUT2D eigenvalue weighted by molar-refractivity contribution is -0.395. The van der Waals surface area contributed by atoms with Crippen LogP contribution in [0.15, 0.2) is 17.2 Å². The fourth-order valence-corrected chi connectivity index (χ4v) is 1.57. The second-order valence-corrected chi connectivity index (χ2v) is 4.10. The summed E-state index contributed by atoms with van der Waals surface area (Å²) >= 11 is 0. The molecule has 0 saturated heterocycles. The van der Waals surface area contributed by atoms with Crippen molar-refractivity contribution in [1.82, 2.24) is 5.43 Å². The Morgan fingerprint density at radius 3 is 2.27 bits per heavy atom. The zero-order valence-electron chi connectivity index (χ0n) is 11.9. The van der Waals surface area contributed by atoms with E-state index in [0.717, 1.165) is 25.7 Å². The van der Waals surface area contributed by atoms with Crippen LogP contribution in [0, 0.1) is 20.2 Å². The Morgan fingerprint density at radius 2 is 1.86 bits per heavy atom. The molecule has 1 aromatic carbocycles. The highest BCUT2D eigenvalue weighted by atomic mass is 16.6. The molecule has 1 N–H and O–H groups in total. The maximum absolute atomic E-state index is 11.8. The number of carbonyl (C=O) groups excluding carboxylic acids is 1. The second kappa shape index (κ2) is 7.67. The van der Waals surface area contributed by atoms with Crippen LogP contribution in [0.3, 0.4) is 0 Å².